The molecule has 1 heterocycles. The summed E-state index contributed by atoms with van der Waals surface area (Å²) in [6.45, 7) is 12.2. The lowest BCUT2D eigenvalue weighted by molar-refractivity contribution is 0.658. The summed E-state index contributed by atoms with van der Waals surface area (Å²) in [5.74, 6) is 0. The van der Waals surface area contributed by atoms with E-state index in [4.69, 9.17) is 4.42 Å². The van der Waals surface area contributed by atoms with Gasteiger partial charge in [-0.05, 0) is 77.8 Å². The van der Waals surface area contributed by atoms with Gasteiger partial charge in [0.1, 0.15) is 11.2 Å². The average Bonchev–Trinajstić information content (AvgIpc) is 3.47. The molecule has 0 saturated carbocycles. The number of hydrogen-bond acceptors (Lipinski definition) is 1. The Morgan fingerprint density at radius 3 is 2.02 bits per heavy atom. The molecular formula is C40H32OSi. The van der Waals surface area contributed by atoms with Gasteiger partial charge in [-0.15, -0.1) is 0 Å². The molecule has 202 valence electrons. The molecule has 0 bridgehead atoms. The zero-order valence-corrected chi connectivity index (χ0v) is 25.7. The van der Waals surface area contributed by atoms with Crippen molar-refractivity contribution in [3.8, 4) is 22.3 Å². The third-order valence-electron chi connectivity index (χ3n) is 9.94. The molecule has 0 N–H and O–H groups in total. The van der Waals surface area contributed by atoms with E-state index in [1.807, 2.05) is 0 Å². The van der Waals surface area contributed by atoms with E-state index in [9.17, 15) is 0 Å². The van der Waals surface area contributed by atoms with E-state index in [1.54, 1.807) is 5.19 Å². The van der Waals surface area contributed by atoms with Gasteiger partial charge in [0.25, 0.3) is 0 Å². The minimum atomic E-state index is -1.52. The summed E-state index contributed by atoms with van der Waals surface area (Å²) in [4.78, 5) is 0. The van der Waals surface area contributed by atoms with E-state index in [1.165, 1.54) is 76.5 Å². The van der Waals surface area contributed by atoms with Crippen LogP contribution in [0.2, 0.25) is 19.6 Å². The van der Waals surface area contributed by atoms with Gasteiger partial charge in [0.05, 0.1) is 8.07 Å². The first-order valence-corrected chi connectivity index (χ1v) is 18.5. The lowest BCUT2D eigenvalue weighted by Gasteiger charge is -2.26. The summed E-state index contributed by atoms with van der Waals surface area (Å²) in [6, 6.07) is 38.7. The van der Waals surface area contributed by atoms with Crippen LogP contribution in [0.4, 0.5) is 0 Å². The van der Waals surface area contributed by atoms with Crippen LogP contribution >= 0.6 is 0 Å². The van der Waals surface area contributed by atoms with Crippen molar-refractivity contribution in [2.75, 3.05) is 0 Å². The molecule has 0 radical (unpaired) electrons. The van der Waals surface area contributed by atoms with Gasteiger partial charge in [-0.1, -0.05) is 130 Å². The number of hydrogen-bond donors (Lipinski definition) is 0. The Kier molecular flexibility index (Phi) is 4.56. The highest BCUT2D eigenvalue weighted by Gasteiger charge is 2.39. The van der Waals surface area contributed by atoms with Crippen LogP contribution < -0.4 is 5.19 Å². The zero-order chi connectivity index (χ0) is 28.5. The fourth-order valence-corrected chi connectivity index (χ4v) is 9.70. The van der Waals surface area contributed by atoms with Crippen LogP contribution in [0, 0.1) is 0 Å². The standard InChI is InChI=1S/C40H32OSi/c1-40(2)31-20-21-33-38(28-9-6-7-12-32(28)41-33)37(31)30-11-8-10-27(39(30)40)25-17-13-23-15-19-29-34(42(3,4)5)22-16-24-14-18-26(25)35(23)36(24)29/h6-22H,1-5H3. The zero-order valence-electron chi connectivity index (χ0n) is 24.7. The van der Waals surface area contributed by atoms with E-state index in [0.717, 1.165) is 11.2 Å². The van der Waals surface area contributed by atoms with Gasteiger partial charge in [0.15, 0.2) is 0 Å². The average molecular weight is 557 g/mol. The van der Waals surface area contributed by atoms with Crippen molar-refractivity contribution in [1.82, 2.24) is 0 Å². The predicted molar refractivity (Wildman–Crippen MR) is 183 cm³/mol. The second-order valence-electron chi connectivity index (χ2n) is 13.7. The van der Waals surface area contributed by atoms with Crippen LogP contribution in [-0.4, -0.2) is 8.07 Å². The van der Waals surface area contributed by atoms with Crippen LogP contribution in [0.5, 0.6) is 0 Å². The summed E-state index contributed by atoms with van der Waals surface area (Å²) in [5, 5.41) is 12.2. The fraction of sp³-hybridized carbons (Fsp3) is 0.150. The maximum atomic E-state index is 6.33. The largest absolute Gasteiger partial charge is 0.456 e. The van der Waals surface area contributed by atoms with Crippen molar-refractivity contribution in [3.05, 3.63) is 114 Å². The molecule has 2 heteroatoms. The van der Waals surface area contributed by atoms with Gasteiger partial charge >= 0.3 is 0 Å². The number of fused-ring (bicyclic) bond motifs is 7. The van der Waals surface area contributed by atoms with Gasteiger partial charge in [-0.3, -0.25) is 0 Å². The summed E-state index contributed by atoms with van der Waals surface area (Å²) >= 11 is 0. The summed E-state index contributed by atoms with van der Waals surface area (Å²) in [6.07, 6.45) is 0. The van der Waals surface area contributed by atoms with Crippen molar-refractivity contribution in [1.29, 1.82) is 0 Å². The molecule has 0 unspecified atom stereocenters. The van der Waals surface area contributed by atoms with Crippen LogP contribution in [0.3, 0.4) is 0 Å². The van der Waals surface area contributed by atoms with E-state index in [2.05, 4.69) is 137 Å². The molecule has 8 aromatic rings. The molecule has 0 amide bonds. The lowest BCUT2D eigenvalue weighted by atomic mass is 9.78. The Bertz CT molecular complexity index is 2410. The van der Waals surface area contributed by atoms with Crippen LogP contribution in [-0.2, 0) is 5.41 Å². The molecule has 1 aromatic heterocycles. The van der Waals surface area contributed by atoms with E-state index in [-0.39, 0.29) is 5.41 Å². The van der Waals surface area contributed by atoms with E-state index in [0.29, 0.717) is 0 Å². The molecule has 0 atom stereocenters. The minimum Gasteiger partial charge on any atom is -0.456 e. The van der Waals surface area contributed by atoms with Crippen molar-refractivity contribution in [3.63, 3.8) is 0 Å². The summed E-state index contributed by atoms with van der Waals surface area (Å²) < 4.78 is 6.33. The molecule has 9 rings (SSSR count). The number of benzene rings is 7. The molecule has 0 aliphatic heterocycles. The van der Waals surface area contributed by atoms with Crippen LogP contribution in [0.15, 0.2) is 108 Å². The predicted octanol–water partition coefficient (Wildman–Crippen LogP) is 11.0. The quantitative estimate of drug-likeness (QED) is 0.152. The third kappa shape index (κ3) is 2.98. The van der Waals surface area contributed by atoms with Gasteiger partial charge in [-0.25, -0.2) is 0 Å². The number of rotatable bonds is 2. The fourth-order valence-electron chi connectivity index (χ4n) is 8.10. The molecule has 0 saturated heterocycles. The van der Waals surface area contributed by atoms with E-state index >= 15 is 0 Å². The normalized spacial score (nSPS) is 14.5. The third-order valence-corrected chi connectivity index (χ3v) is 12.0. The molecule has 0 spiro atoms. The minimum absolute atomic E-state index is 0.150. The highest BCUT2D eigenvalue weighted by Crippen LogP contribution is 2.56. The van der Waals surface area contributed by atoms with Crippen molar-refractivity contribution >= 4 is 67.5 Å². The highest BCUT2D eigenvalue weighted by atomic mass is 28.3. The molecule has 42 heavy (non-hydrogen) atoms. The van der Waals surface area contributed by atoms with E-state index < -0.39 is 8.07 Å². The molecule has 0 fully saturated rings. The monoisotopic (exact) mass is 556 g/mol. The van der Waals surface area contributed by atoms with Crippen molar-refractivity contribution in [2.45, 2.75) is 38.9 Å². The highest BCUT2D eigenvalue weighted by molar-refractivity contribution is 6.90. The maximum Gasteiger partial charge on any atom is 0.136 e. The van der Waals surface area contributed by atoms with Gasteiger partial charge in [0.2, 0.25) is 0 Å². The van der Waals surface area contributed by atoms with Crippen LogP contribution in [0.25, 0.3) is 76.5 Å². The Balaban J connectivity index is 1.38. The molecule has 1 nitrogen and oxygen atoms in total. The Labute approximate surface area is 246 Å². The first kappa shape index (κ1) is 24.2. The first-order valence-electron chi connectivity index (χ1n) is 15.0. The Morgan fingerprint density at radius 2 is 1.21 bits per heavy atom. The van der Waals surface area contributed by atoms with Crippen molar-refractivity contribution < 1.29 is 4.42 Å². The summed E-state index contributed by atoms with van der Waals surface area (Å²) in [5.41, 5.74) is 9.87. The van der Waals surface area contributed by atoms with Gasteiger partial charge < -0.3 is 4.42 Å². The molecule has 7 aromatic carbocycles. The number of furan rings is 1. The SMILES string of the molecule is CC1(C)c2ccc3oc4ccccc4c3c2-c2cccc(-c3ccc4ccc5c([Si](C)(C)C)ccc6ccc3c4c65)c21. The summed E-state index contributed by atoms with van der Waals surface area (Å²) in [7, 11) is -1.52. The Morgan fingerprint density at radius 1 is 0.524 bits per heavy atom. The van der Waals surface area contributed by atoms with Crippen LogP contribution in [0.1, 0.15) is 25.0 Å². The topological polar surface area (TPSA) is 13.1 Å². The molecular weight excluding hydrogens is 525 g/mol. The first-order chi connectivity index (χ1) is 20.2. The second-order valence-corrected chi connectivity index (χ2v) is 18.8. The second kappa shape index (κ2) is 7.90. The number of para-hydroxylation sites is 1. The van der Waals surface area contributed by atoms with Gasteiger partial charge in [0, 0.05) is 16.2 Å². The maximum absolute atomic E-state index is 6.33. The Hall–Kier alpha value is -4.40. The lowest BCUT2D eigenvalue weighted by Crippen LogP contribution is -2.38. The van der Waals surface area contributed by atoms with Crippen molar-refractivity contribution in [2.24, 2.45) is 0 Å². The molecule has 1 aliphatic rings. The molecule has 1 aliphatic carbocycles. The smallest absolute Gasteiger partial charge is 0.136 e. The van der Waals surface area contributed by atoms with Gasteiger partial charge in [-0.2, -0.15) is 0 Å².